The molecule has 276 valence electrons. The van der Waals surface area contributed by atoms with Crippen LogP contribution in [0, 0.1) is 30.5 Å². The fraction of sp³-hybridized carbons (Fsp3) is 0.439. The number of benzene rings is 1. The number of aryl methyl sites for hydroxylation is 2. The number of fused-ring (bicyclic) bond motifs is 1. The highest BCUT2D eigenvalue weighted by Crippen LogP contribution is 2.43. The van der Waals surface area contributed by atoms with E-state index in [1.165, 1.54) is 19.4 Å². The number of hydrogen-bond acceptors (Lipinski definition) is 7. The van der Waals surface area contributed by atoms with E-state index in [-0.39, 0.29) is 11.8 Å². The molecule has 11 nitrogen and oxygen atoms in total. The van der Waals surface area contributed by atoms with E-state index in [1.54, 1.807) is 0 Å². The molecule has 53 heavy (non-hydrogen) atoms. The van der Waals surface area contributed by atoms with Gasteiger partial charge < -0.3 is 29.1 Å². The first-order valence-corrected chi connectivity index (χ1v) is 18.7. The first kappa shape index (κ1) is 34.8. The molecule has 2 aliphatic heterocycles. The van der Waals surface area contributed by atoms with Gasteiger partial charge in [-0.1, -0.05) is 19.1 Å². The summed E-state index contributed by atoms with van der Waals surface area (Å²) in [6, 6.07) is 11.7. The summed E-state index contributed by atoms with van der Waals surface area (Å²) in [5.74, 6) is -1.06. The van der Waals surface area contributed by atoms with E-state index in [2.05, 4.69) is 40.7 Å². The molecule has 8 rings (SSSR count). The molecule has 2 aliphatic carbocycles. The number of amides is 2. The molecule has 2 amide bonds. The molecule has 2 saturated carbocycles. The highest BCUT2D eigenvalue weighted by molar-refractivity contribution is 6.05. The molecule has 0 spiro atoms. The normalized spacial score (nSPS) is 20.1. The van der Waals surface area contributed by atoms with Crippen LogP contribution in [0.5, 0.6) is 5.75 Å². The first-order chi connectivity index (χ1) is 25.6. The Morgan fingerprint density at radius 3 is 2.45 bits per heavy atom. The third kappa shape index (κ3) is 6.75. The number of pyridine rings is 2. The van der Waals surface area contributed by atoms with E-state index in [0.717, 1.165) is 70.5 Å². The van der Waals surface area contributed by atoms with Crippen LogP contribution >= 0.6 is 0 Å². The second-order valence-electron chi connectivity index (χ2n) is 14.9. The second-order valence-corrected chi connectivity index (χ2v) is 14.9. The fourth-order valence-electron chi connectivity index (χ4n) is 8.05. The van der Waals surface area contributed by atoms with Gasteiger partial charge in [0.15, 0.2) is 11.6 Å². The number of ether oxygens (including phenoxy) is 1. The Kier molecular flexibility index (Phi) is 9.16. The number of hydrogen-bond donors (Lipinski definition) is 1. The molecule has 0 unspecified atom stereocenters. The van der Waals surface area contributed by atoms with Crippen LogP contribution in [0.2, 0.25) is 0 Å². The summed E-state index contributed by atoms with van der Waals surface area (Å²) in [7, 11) is 1.49. The molecule has 0 radical (unpaired) electrons. The maximum atomic E-state index is 14.4. The quantitative estimate of drug-likeness (QED) is 0.218. The molecule has 3 aromatic heterocycles. The third-order valence-electron chi connectivity index (χ3n) is 11.3. The zero-order valence-corrected chi connectivity index (χ0v) is 30.5. The van der Waals surface area contributed by atoms with Crippen molar-refractivity contribution >= 4 is 40.1 Å². The number of carboxylic acids is 1. The van der Waals surface area contributed by atoms with E-state index >= 15 is 0 Å². The van der Waals surface area contributed by atoms with Crippen LogP contribution in [0.4, 0.5) is 10.2 Å². The van der Waals surface area contributed by atoms with Crippen molar-refractivity contribution in [2.45, 2.75) is 52.5 Å². The maximum Gasteiger partial charge on any atom is 0.307 e. The molecule has 12 heteroatoms. The molecule has 1 aromatic carbocycles. The summed E-state index contributed by atoms with van der Waals surface area (Å²) in [5.41, 5.74) is 7.56. The molecule has 4 aliphatic rings. The number of methoxy groups -OCH3 is 1. The van der Waals surface area contributed by atoms with Crippen molar-refractivity contribution in [3.8, 4) is 16.9 Å². The van der Waals surface area contributed by atoms with Gasteiger partial charge in [-0.2, -0.15) is 0 Å². The lowest BCUT2D eigenvalue weighted by Crippen LogP contribution is -2.49. The van der Waals surface area contributed by atoms with Crippen LogP contribution in [0.1, 0.15) is 60.0 Å². The van der Waals surface area contributed by atoms with Crippen LogP contribution in [0.3, 0.4) is 0 Å². The average molecular weight is 721 g/mol. The van der Waals surface area contributed by atoms with Gasteiger partial charge in [-0.25, -0.2) is 9.37 Å². The predicted octanol–water partition coefficient (Wildman–Crippen LogP) is 5.83. The van der Waals surface area contributed by atoms with Crippen LogP contribution in [-0.2, 0) is 22.6 Å². The summed E-state index contributed by atoms with van der Waals surface area (Å²) in [6.07, 6.45) is 7.62. The SMILES string of the molecule is CCc1ccc(-c2cc(C(=O)N3CCN(c4ncc(F)cc4OC)CC3)cc3cc(C4=CCCN(C(=O)[C@H]5C[C@@H]5C(=O)O)C4)n(CC4CC4)c23)c(C)n1. The standard InChI is InChI=1S/C41H45FN6O5/c1-4-30-9-10-31(24(2)44-30)32-17-28(39(49)46-14-12-45(13-15-46)38-36(53-3)19-29(42)21-43-38)16-27-18-35(48(37(27)32)22-25-7-8-25)26-6-5-11-47(23-26)40(50)33-20-34(33)41(51)52/h6,9-10,16-19,21,25,33-34H,4-5,7-8,11-15,20,22-23H2,1-3H3,(H,51,52)/t33-,34-/m0/s1. The van der Waals surface area contributed by atoms with Crippen molar-refractivity contribution in [2.24, 2.45) is 17.8 Å². The Labute approximate surface area is 308 Å². The van der Waals surface area contributed by atoms with Crippen molar-refractivity contribution in [3.63, 3.8) is 0 Å². The number of carbonyl (C=O) groups excluding carboxylic acids is 2. The molecule has 1 N–H and O–H groups in total. The average Bonchev–Trinajstić information content (AvgIpc) is 4.11. The van der Waals surface area contributed by atoms with Gasteiger partial charge in [0.05, 0.1) is 30.7 Å². The second kappa shape index (κ2) is 13.9. The van der Waals surface area contributed by atoms with Crippen molar-refractivity contribution < 1.29 is 28.6 Å². The molecule has 2 atom stereocenters. The van der Waals surface area contributed by atoms with Crippen molar-refractivity contribution in [1.29, 1.82) is 0 Å². The highest BCUT2D eigenvalue weighted by Gasteiger charge is 2.50. The number of aromatic nitrogens is 3. The first-order valence-electron chi connectivity index (χ1n) is 18.7. The number of halogens is 1. The lowest BCUT2D eigenvalue weighted by molar-refractivity contribution is -0.141. The van der Waals surface area contributed by atoms with Gasteiger partial charge in [0, 0.05) is 91.0 Å². The van der Waals surface area contributed by atoms with Gasteiger partial charge in [0.2, 0.25) is 5.91 Å². The molecular formula is C41H45FN6O5. The highest BCUT2D eigenvalue weighted by atomic mass is 19.1. The van der Waals surface area contributed by atoms with E-state index in [1.807, 2.05) is 33.8 Å². The van der Waals surface area contributed by atoms with Crippen LogP contribution < -0.4 is 9.64 Å². The monoisotopic (exact) mass is 720 g/mol. The molecule has 5 heterocycles. The number of nitrogens with zero attached hydrogens (tertiary/aromatic N) is 6. The van der Waals surface area contributed by atoms with E-state index in [9.17, 15) is 23.9 Å². The summed E-state index contributed by atoms with van der Waals surface area (Å²) < 4.78 is 21.6. The molecule has 1 saturated heterocycles. The molecule has 3 fully saturated rings. The summed E-state index contributed by atoms with van der Waals surface area (Å²) in [4.78, 5) is 54.2. The molecule has 0 bridgehead atoms. The van der Waals surface area contributed by atoms with Crippen LogP contribution in [0.15, 0.2) is 48.7 Å². The summed E-state index contributed by atoms with van der Waals surface area (Å²) in [5, 5.41) is 10.4. The molecule has 4 aromatic rings. The zero-order chi connectivity index (χ0) is 37.0. The van der Waals surface area contributed by atoms with Gasteiger partial charge in [0.25, 0.3) is 5.91 Å². The Morgan fingerprint density at radius 2 is 1.77 bits per heavy atom. The smallest absolute Gasteiger partial charge is 0.307 e. The Morgan fingerprint density at radius 1 is 0.981 bits per heavy atom. The number of carbonyl (C=O) groups is 3. The summed E-state index contributed by atoms with van der Waals surface area (Å²) in [6.45, 7) is 7.92. The maximum absolute atomic E-state index is 14.4. The third-order valence-corrected chi connectivity index (χ3v) is 11.3. The number of piperazine rings is 1. The fourth-order valence-corrected chi connectivity index (χ4v) is 8.05. The minimum atomic E-state index is -0.901. The van der Waals surface area contributed by atoms with Crippen molar-refractivity contribution in [3.05, 3.63) is 77.1 Å². The Bertz CT molecular complexity index is 2150. The number of aliphatic carboxylic acids is 1. The summed E-state index contributed by atoms with van der Waals surface area (Å²) >= 11 is 0. The Balaban J connectivity index is 1.16. The number of carboxylic acid groups (broad SMARTS) is 1. The number of rotatable bonds is 10. The minimum Gasteiger partial charge on any atom is -0.493 e. The Hall–Kier alpha value is -5.26. The van der Waals surface area contributed by atoms with Gasteiger partial charge in [-0.15, -0.1) is 0 Å². The van der Waals surface area contributed by atoms with Crippen LogP contribution in [-0.4, -0.2) is 93.6 Å². The lowest BCUT2D eigenvalue weighted by atomic mass is 9.97. The van der Waals surface area contributed by atoms with Crippen LogP contribution in [0.25, 0.3) is 27.6 Å². The van der Waals surface area contributed by atoms with Crippen molar-refractivity contribution in [1.82, 2.24) is 24.3 Å². The topological polar surface area (TPSA) is 121 Å². The van der Waals surface area contributed by atoms with E-state index in [0.29, 0.717) is 75.2 Å². The van der Waals surface area contributed by atoms with Gasteiger partial charge in [-0.05, 0) is 74.8 Å². The van der Waals surface area contributed by atoms with Crippen molar-refractivity contribution in [2.75, 3.05) is 51.3 Å². The zero-order valence-electron chi connectivity index (χ0n) is 30.5. The largest absolute Gasteiger partial charge is 0.493 e. The van der Waals surface area contributed by atoms with Gasteiger partial charge in [0.1, 0.15) is 5.82 Å². The van der Waals surface area contributed by atoms with Gasteiger partial charge in [-0.3, -0.25) is 19.4 Å². The number of anilines is 1. The predicted molar refractivity (Wildman–Crippen MR) is 199 cm³/mol. The van der Waals surface area contributed by atoms with Gasteiger partial charge >= 0.3 is 5.97 Å². The van der Waals surface area contributed by atoms with E-state index < -0.39 is 23.6 Å². The van der Waals surface area contributed by atoms with E-state index in [4.69, 9.17) is 9.72 Å². The minimum absolute atomic E-state index is 0.0646. The molecular weight excluding hydrogens is 675 g/mol. The lowest BCUT2D eigenvalue weighted by Gasteiger charge is -2.36.